The predicted octanol–water partition coefficient (Wildman–Crippen LogP) is 1.98. The molecule has 0 radical (unpaired) electrons. The minimum atomic E-state index is -0.434. The number of benzene rings is 1. The molecule has 23 heavy (non-hydrogen) atoms. The number of hydrogen-bond acceptors (Lipinski definition) is 4. The Bertz CT molecular complexity index is 633. The van der Waals surface area contributed by atoms with E-state index in [1.165, 1.54) is 6.92 Å². The number of halogens is 1. The first-order valence-corrected chi connectivity index (χ1v) is 7.68. The molecule has 7 heteroatoms. The van der Waals surface area contributed by atoms with Crippen molar-refractivity contribution in [1.29, 1.82) is 0 Å². The fraction of sp³-hybridized carbons (Fsp3) is 0.438. The number of rotatable bonds is 6. The summed E-state index contributed by atoms with van der Waals surface area (Å²) in [6.07, 6.45) is 0.166. The molecule has 1 heterocycles. The number of ether oxygens (including phenoxy) is 1. The summed E-state index contributed by atoms with van der Waals surface area (Å²) in [5.41, 5.74) is 0.848. The van der Waals surface area contributed by atoms with Gasteiger partial charge >= 0.3 is 0 Å². The Morgan fingerprint density at radius 2 is 2.17 bits per heavy atom. The first kappa shape index (κ1) is 17.4. The SMILES string of the molecule is COCCN1CC(C(=O)Nc2cc(C(C)=O)ccc2Cl)CC1=O. The average Bonchev–Trinajstić information content (AvgIpc) is 2.88. The number of hydrogen-bond donors (Lipinski definition) is 1. The zero-order valence-corrected chi connectivity index (χ0v) is 13.9. The maximum atomic E-state index is 12.3. The molecule has 1 aromatic rings. The number of nitrogens with zero attached hydrogens (tertiary/aromatic N) is 1. The van der Waals surface area contributed by atoms with E-state index in [0.29, 0.717) is 36.0 Å². The second kappa shape index (κ2) is 7.57. The van der Waals surface area contributed by atoms with Crippen molar-refractivity contribution in [1.82, 2.24) is 4.90 Å². The van der Waals surface area contributed by atoms with Gasteiger partial charge in [0, 0.05) is 32.2 Å². The number of carbonyl (C=O) groups excluding carboxylic acids is 3. The summed E-state index contributed by atoms with van der Waals surface area (Å²) >= 11 is 6.06. The van der Waals surface area contributed by atoms with Crippen LogP contribution in [0.25, 0.3) is 0 Å². The third kappa shape index (κ3) is 4.30. The van der Waals surface area contributed by atoms with Crippen molar-refractivity contribution in [3.05, 3.63) is 28.8 Å². The van der Waals surface area contributed by atoms with Crippen LogP contribution in [-0.2, 0) is 14.3 Å². The van der Waals surface area contributed by atoms with Crippen LogP contribution in [0.3, 0.4) is 0 Å². The molecule has 124 valence electrons. The molecular formula is C16H19ClN2O4. The van der Waals surface area contributed by atoms with E-state index in [4.69, 9.17) is 16.3 Å². The van der Waals surface area contributed by atoms with Gasteiger partial charge in [-0.05, 0) is 25.1 Å². The molecule has 1 atom stereocenters. The van der Waals surface area contributed by atoms with Crippen molar-refractivity contribution in [2.24, 2.45) is 5.92 Å². The Hall–Kier alpha value is -1.92. The summed E-state index contributed by atoms with van der Waals surface area (Å²) in [6, 6.07) is 4.71. The van der Waals surface area contributed by atoms with Crippen LogP contribution >= 0.6 is 11.6 Å². The highest BCUT2D eigenvalue weighted by Crippen LogP contribution is 2.26. The van der Waals surface area contributed by atoms with Crippen molar-refractivity contribution in [3.63, 3.8) is 0 Å². The van der Waals surface area contributed by atoms with E-state index in [0.717, 1.165) is 0 Å². The zero-order valence-electron chi connectivity index (χ0n) is 13.1. The van der Waals surface area contributed by atoms with Crippen LogP contribution in [0.15, 0.2) is 18.2 Å². The van der Waals surface area contributed by atoms with Gasteiger partial charge in [0.2, 0.25) is 11.8 Å². The van der Waals surface area contributed by atoms with Gasteiger partial charge in [0.25, 0.3) is 0 Å². The van der Waals surface area contributed by atoms with Gasteiger partial charge in [-0.2, -0.15) is 0 Å². The average molecular weight is 339 g/mol. The van der Waals surface area contributed by atoms with Gasteiger partial charge in [0.1, 0.15) is 0 Å². The fourth-order valence-electron chi connectivity index (χ4n) is 2.44. The Morgan fingerprint density at radius 1 is 1.43 bits per heavy atom. The predicted molar refractivity (Wildman–Crippen MR) is 86.6 cm³/mol. The van der Waals surface area contributed by atoms with Gasteiger partial charge in [-0.25, -0.2) is 0 Å². The van der Waals surface area contributed by atoms with Crippen molar-refractivity contribution < 1.29 is 19.1 Å². The molecule has 1 saturated heterocycles. The number of ketones is 1. The van der Waals surface area contributed by atoms with Gasteiger partial charge in [-0.3, -0.25) is 14.4 Å². The van der Waals surface area contributed by atoms with Gasteiger partial charge < -0.3 is 15.0 Å². The number of methoxy groups -OCH3 is 1. The van der Waals surface area contributed by atoms with E-state index in [2.05, 4.69) is 5.32 Å². The summed E-state index contributed by atoms with van der Waals surface area (Å²) in [5.74, 6) is -0.887. The molecular weight excluding hydrogens is 320 g/mol. The minimum Gasteiger partial charge on any atom is -0.383 e. The first-order valence-electron chi connectivity index (χ1n) is 7.30. The minimum absolute atomic E-state index is 0.0641. The fourth-order valence-corrected chi connectivity index (χ4v) is 2.61. The van der Waals surface area contributed by atoms with E-state index in [9.17, 15) is 14.4 Å². The van der Waals surface area contributed by atoms with Crippen molar-refractivity contribution in [2.75, 3.05) is 32.1 Å². The Kier molecular flexibility index (Phi) is 5.74. The lowest BCUT2D eigenvalue weighted by Gasteiger charge is -2.16. The van der Waals surface area contributed by atoms with Crippen LogP contribution < -0.4 is 5.32 Å². The standard InChI is InChI=1S/C16H19ClN2O4/c1-10(20)11-3-4-13(17)14(7-11)18-16(22)12-8-15(21)19(9-12)5-6-23-2/h3-4,7,12H,5-6,8-9H2,1-2H3,(H,18,22). The highest BCUT2D eigenvalue weighted by Gasteiger charge is 2.34. The van der Waals surface area contributed by atoms with E-state index in [1.54, 1.807) is 30.2 Å². The summed E-state index contributed by atoms with van der Waals surface area (Å²) in [5, 5.41) is 3.06. The third-order valence-electron chi connectivity index (χ3n) is 3.78. The van der Waals surface area contributed by atoms with Crippen molar-refractivity contribution >= 4 is 34.9 Å². The highest BCUT2D eigenvalue weighted by atomic mass is 35.5. The molecule has 0 aromatic heterocycles. The monoisotopic (exact) mass is 338 g/mol. The maximum Gasteiger partial charge on any atom is 0.229 e. The second-order valence-corrected chi connectivity index (χ2v) is 5.88. The topological polar surface area (TPSA) is 75.7 Å². The maximum absolute atomic E-state index is 12.3. The Morgan fingerprint density at radius 3 is 2.83 bits per heavy atom. The number of nitrogens with one attached hydrogen (secondary N) is 1. The number of amides is 2. The molecule has 1 aliphatic rings. The van der Waals surface area contributed by atoms with Crippen molar-refractivity contribution in [3.8, 4) is 0 Å². The molecule has 1 aliphatic heterocycles. The molecule has 2 amide bonds. The van der Waals surface area contributed by atoms with Crippen LogP contribution in [0.5, 0.6) is 0 Å². The first-order chi connectivity index (χ1) is 10.9. The number of anilines is 1. The van der Waals surface area contributed by atoms with Gasteiger partial charge in [-0.15, -0.1) is 0 Å². The van der Waals surface area contributed by atoms with Crippen LogP contribution in [0.1, 0.15) is 23.7 Å². The molecule has 6 nitrogen and oxygen atoms in total. The smallest absolute Gasteiger partial charge is 0.229 e. The molecule has 1 fully saturated rings. The summed E-state index contributed by atoms with van der Waals surface area (Å²) in [4.78, 5) is 37.3. The van der Waals surface area contributed by atoms with E-state index in [1.807, 2.05) is 0 Å². The summed E-state index contributed by atoms with van der Waals surface area (Å²) in [6.45, 7) is 2.71. The molecule has 0 aliphatic carbocycles. The van der Waals surface area contributed by atoms with Gasteiger partial charge in [-0.1, -0.05) is 11.6 Å². The highest BCUT2D eigenvalue weighted by molar-refractivity contribution is 6.34. The molecule has 1 aromatic carbocycles. The largest absolute Gasteiger partial charge is 0.383 e. The van der Waals surface area contributed by atoms with Gasteiger partial charge in [0.05, 0.1) is 23.2 Å². The lowest BCUT2D eigenvalue weighted by Crippen LogP contribution is -2.30. The Labute approximate surface area is 139 Å². The normalized spacial score (nSPS) is 17.4. The molecule has 0 spiro atoms. The molecule has 0 saturated carbocycles. The lowest BCUT2D eigenvalue weighted by molar-refractivity contribution is -0.128. The van der Waals surface area contributed by atoms with E-state index in [-0.39, 0.29) is 24.0 Å². The third-order valence-corrected chi connectivity index (χ3v) is 4.11. The summed E-state index contributed by atoms with van der Waals surface area (Å²) < 4.78 is 4.95. The van der Waals surface area contributed by atoms with Crippen LogP contribution in [0.4, 0.5) is 5.69 Å². The van der Waals surface area contributed by atoms with Crippen LogP contribution in [0.2, 0.25) is 5.02 Å². The number of carbonyl (C=O) groups is 3. The quantitative estimate of drug-likeness (QED) is 0.805. The van der Waals surface area contributed by atoms with Gasteiger partial charge in [0.15, 0.2) is 5.78 Å². The molecule has 1 unspecified atom stereocenters. The molecule has 0 bridgehead atoms. The van der Waals surface area contributed by atoms with Crippen LogP contribution in [-0.4, -0.2) is 49.3 Å². The van der Waals surface area contributed by atoms with Crippen molar-refractivity contribution in [2.45, 2.75) is 13.3 Å². The summed E-state index contributed by atoms with van der Waals surface area (Å²) in [7, 11) is 1.56. The van der Waals surface area contributed by atoms with E-state index >= 15 is 0 Å². The number of Topliss-reactive ketones (excluding diaryl/α,β-unsaturated/α-hetero) is 1. The molecule has 2 rings (SSSR count). The molecule has 1 N–H and O–H groups in total. The number of likely N-dealkylation sites (tertiary alicyclic amines) is 1. The Balaban J connectivity index is 2.04. The van der Waals surface area contributed by atoms with E-state index < -0.39 is 5.92 Å². The second-order valence-electron chi connectivity index (χ2n) is 5.47. The zero-order chi connectivity index (χ0) is 17.0. The lowest BCUT2D eigenvalue weighted by atomic mass is 10.1. The van der Waals surface area contributed by atoms with Crippen LogP contribution in [0, 0.1) is 5.92 Å².